The van der Waals surface area contributed by atoms with Gasteiger partial charge < -0.3 is 31.1 Å². The van der Waals surface area contributed by atoms with Crippen LogP contribution in [0.3, 0.4) is 0 Å². The Labute approximate surface area is 298 Å². The normalized spacial score (nSPS) is 13.8. The number of hydrogen-bond donors (Lipinski definition) is 6. The first kappa shape index (κ1) is 42.1. The third kappa shape index (κ3) is 11.5. The number of aromatic hydroxyl groups is 2. The lowest BCUT2D eigenvalue weighted by Gasteiger charge is -2.28. The number of carboxylic acid groups (broad SMARTS) is 2. The van der Waals surface area contributed by atoms with Crippen molar-refractivity contribution in [3.05, 3.63) is 57.6 Å². The number of amides is 2. The van der Waals surface area contributed by atoms with E-state index in [1.165, 1.54) is 0 Å². The van der Waals surface area contributed by atoms with Crippen molar-refractivity contribution < 1.29 is 39.6 Å². The number of hydrogen-bond acceptors (Lipinski definition) is 6. The summed E-state index contributed by atoms with van der Waals surface area (Å²) in [6.07, 6.45) is 0.503. The highest BCUT2D eigenvalue weighted by Crippen LogP contribution is 2.41. The summed E-state index contributed by atoms with van der Waals surface area (Å²) in [6.45, 7) is 23.7. The summed E-state index contributed by atoms with van der Waals surface area (Å²) in [5.41, 5.74) is 2.95. The zero-order chi connectivity index (χ0) is 38.6. The van der Waals surface area contributed by atoms with E-state index in [0.29, 0.717) is 0 Å². The second kappa shape index (κ2) is 15.9. The Kier molecular flexibility index (Phi) is 13.3. The van der Waals surface area contributed by atoms with Gasteiger partial charge >= 0.3 is 23.8 Å². The van der Waals surface area contributed by atoms with E-state index in [1.54, 1.807) is 0 Å². The van der Waals surface area contributed by atoms with Gasteiger partial charge in [-0.3, -0.25) is 19.2 Å². The monoisotopic (exact) mass is 696 g/mol. The van der Waals surface area contributed by atoms with Crippen LogP contribution in [-0.2, 0) is 53.7 Å². The van der Waals surface area contributed by atoms with Crippen LogP contribution in [0.2, 0.25) is 0 Å². The molecule has 2 aromatic carbocycles. The van der Waals surface area contributed by atoms with Crippen molar-refractivity contribution >= 4 is 23.8 Å². The van der Waals surface area contributed by atoms with Crippen LogP contribution in [0, 0.1) is 11.8 Å². The number of nitrogens with one attached hydrogen (secondary N) is 2. The molecule has 0 unspecified atom stereocenters. The summed E-state index contributed by atoms with van der Waals surface area (Å²) in [7, 11) is 0. The number of benzene rings is 2. The van der Waals surface area contributed by atoms with Gasteiger partial charge in [0, 0.05) is 13.1 Å². The van der Waals surface area contributed by atoms with E-state index in [0.717, 1.165) is 33.4 Å². The third-order valence-electron chi connectivity index (χ3n) is 9.00. The highest BCUT2D eigenvalue weighted by atomic mass is 16.4. The van der Waals surface area contributed by atoms with Crippen molar-refractivity contribution in [2.45, 2.75) is 130 Å². The Morgan fingerprint density at radius 2 is 0.760 bits per heavy atom. The second-order valence-corrected chi connectivity index (χ2v) is 17.6. The average molecular weight is 697 g/mol. The first-order chi connectivity index (χ1) is 22.6. The molecule has 0 radical (unpaired) electrons. The van der Waals surface area contributed by atoms with Gasteiger partial charge in [0.05, 0.1) is 11.8 Å². The maximum absolute atomic E-state index is 12.6. The van der Waals surface area contributed by atoms with Gasteiger partial charge in [-0.2, -0.15) is 0 Å². The molecule has 50 heavy (non-hydrogen) atoms. The molecule has 10 nitrogen and oxygen atoms in total. The summed E-state index contributed by atoms with van der Waals surface area (Å²) < 4.78 is 0. The highest BCUT2D eigenvalue weighted by Gasteiger charge is 2.30. The molecular weight excluding hydrogens is 636 g/mol. The van der Waals surface area contributed by atoms with E-state index in [-0.39, 0.29) is 71.9 Å². The molecule has 0 saturated heterocycles. The second-order valence-electron chi connectivity index (χ2n) is 17.6. The van der Waals surface area contributed by atoms with Crippen LogP contribution in [0.4, 0.5) is 0 Å². The first-order valence-electron chi connectivity index (χ1n) is 17.4. The lowest BCUT2D eigenvalue weighted by Crippen LogP contribution is -2.41. The highest BCUT2D eigenvalue weighted by molar-refractivity contribution is 6.35. The Morgan fingerprint density at radius 3 is 0.960 bits per heavy atom. The van der Waals surface area contributed by atoms with Crippen molar-refractivity contribution in [3.8, 4) is 11.5 Å². The quantitative estimate of drug-likeness (QED) is 0.137. The van der Waals surface area contributed by atoms with Crippen molar-refractivity contribution in [1.29, 1.82) is 0 Å². The van der Waals surface area contributed by atoms with Gasteiger partial charge in [-0.25, -0.2) is 0 Å². The minimum absolute atomic E-state index is 0.0512. The average Bonchev–Trinajstić information content (AvgIpc) is 2.94. The molecule has 2 aromatic rings. The molecule has 0 spiro atoms. The summed E-state index contributed by atoms with van der Waals surface area (Å²) in [6, 6.07) is 7.36. The molecule has 0 aliphatic heterocycles. The zero-order valence-corrected chi connectivity index (χ0v) is 32.1. The predicted octanol–water partition coefficient (Wildman–Crippen LogP) is 6.49. The number of phenolic OH excluding ortho intramolecular Hbond substituents is 2. The molecule has 278 valence electrons. The van der Waals surface area contributed by atoms with Gasteiger partial charge in [0.15, 0.2) is 0 Å². The van der Waals surface area contributed by atoms with Crippen molar-refractivity contribution in [2.75, 3.05) is 13.1 Å². The number of carbonyl (C=O) groups excluding carboxylic acids is 2. The van der Waals surface area contributed by atoms with Crippen LogP contribution in [0.15, 0.2) is 24.3 Å². The molecule has 2 rings (SSSR count). The summed E-state index contributed by atoms with van der Waals surface area (Å²) >= 11 is 0. The van der Waals surface area contributed by atoms with Crippen LogP contribution in [0.5, 0.6) is 11.5 Å². The van der Waals surface area contributed by atoms with E-state index in [1.807, 2.05) is 107 Å². The molecule has 2 amide bonds. The van der Waals surface area contributed by atoms with Gasteiger partial charge in [0.25, 0.3) is 0 Å². The van der Waals surface area contributed by atoms with Gasteiger partial charge in [0.2, 0.25) is 0 Å². The summed E-state index contributed by atoms with van der Waals surface area (Å²) in [5, 5.41) is 46.9. The predicted molar refractivity (Wildman–Crippen MR) is 196 cm³/mol. The van der Waals surface area contributed by atoms with E-state index < -0.39 is 35.6 Å². The lowest BCUT2D eigenvalue weighted by atomic mass is 9.77. The molecule has 0 fully saturated rings. The SMILES string of the molecule is CC(C)(C)c1cc(C[C@@H](CCNC(=O)C(=O)NCC[C@@H](Cc2cc(C(C)(C)C)c(O)c(C(C)(C)C)c2)C(=O)O)C(=O)O)cc(C(C)(C)C)c1O. The number of rotatable bonds is 12. The van der Waals surface area contributed by atoms with Crippen LogP contribution in [-0.4, -0.2) is 57.3 Å². The maximum Gasteiger partial charge on any atom is 0.309 e. The molecule has 0 aliphatic rings. The third-order valence-corrected chi connectivity index (χ3v) is 9.00. The molecule has 0 heterocycles. The molecule has 2 atom stereocenters. The van der Waals surface area contributed by atoms with Crippen LogP contribution < -0.4 is 10.6 Å². The molecule has 0 saturated carbocycles. The van der Waals surface area contributed by atoms with E-state index in [4.69, 9.17) is 0 Å². The topological polar surface area (TPSA) is 173 Å². The Hall–Kier alpha value is -4.08. The van der Waals surface area contributed by atoms with Gasteiger partial charge in [-0.05, 0) is 80.7 Å². The fourth-order valence-corrected chi connectivity index (χ4v) is 5.99. The molecular formula is C40H60N2O8. The van der Waals surface area contributed by atoms with Crippen LogP contribution in [0.25, 0.3) is 0 Å². The van der Waals surface area contributed by atoms with Crippen molar-refractivity contribution in [3.63, 3.8) is 0 Å². The van der Waals surface area contributed by atoms with Crippen LogP contribution in [0.1, 0.15) is 129 Å². The molecule has 0 aliphatic carbocycles. The van der Waals surface area contributed by atoms with E-state index in [9.17, 15) is 39.6 Å². The van der Waals surface area contributed by atoms with E-state index >= 15 is 0 Å². The molecule has 6 N–H and O–H groups in total. The van der Waals surface area contributed by atoms with Gasteiger partial charge in [-0.15, -0.1) is 0 Å². The Balaban J connectivity index is 2.05. The molecule has 0 bridgehead atoms. The minimum atomic E-state index is -1.04. The first-order valence-corrected chi connectivity index (χ1v) is 17.4. The van der Waals surface area contributed by atoms with E-state index in [2.05, 4.69) is 10.6 Å². The number of carboxylic acids is 2. The summed E-state index contributed by atoms with van der Waals surface area (Å²) in [4.78, 5) is 49.5. The standard InChI is InChI=1S/C40H60N2O8/c1-37(2,3)27-19-23(20-28(31(27)43)38(4,5)6)17-25(35(47)48)13-15-41-33(45)34(46)42-16-14-26(36(49)50)18-24-21-29(39(7,8)9)32(44)30(22-24)40(10,11)12/h19-22,25-26,43-44H,13-18H2,1-12H3,(H,41,45)(H,42,46)(H,47,48)(H,49,50)/t25-,26+. The maximum atomic E-state index is 12.6. The fourth-order valence-electron chi connectivity index (χ4n) is 5.99. The van der Waals surface area contributed by atoms with Gasteiger partial charge in [-0.1, -0.05) is 107 Å². The Bertz CT molecular complexity index is 1380. The summed E-state index contributed by atoms with van der Waals surface area (Å²) in [5.74, 6) is -5.23. The fraction of sp³-hybridized carbons (Fsp3) is 0.600. The number of aliphatic carboxylic acids is 2. The van der Waals surface area contributed by atoms with Crippen molar-refractivity contribution in [2.24, 2.45) is 11.8 Å². The van der Waals surface area contributed by atoms with Crippen molar-refractivity contribution in [1.82, 2.24) is 10.6 Å². The lowest BCUT2D eigenvalue weighted by molar-refractivity contribution is -0.143. The van der Waals surface area contributed by atoms with Crippen LogP contribution >= 0.6 is 0 Å². The number of carbonyl (C=O) groups is 4. The van der Waals surface area contributed by atoms with Gasteiger partial charge in [0.1, 0.15) is 11.5 Å². The Morgan fingerprint density at radius 1 is 0.520 bits per heavy atom. The number of phenols is 2. The minimum Gasteiger partial charge on any atom is -0.507 e. The zero-order valence-electron chi connectivity index (χ0n) is 32.1. The largest absolute Gasteiger partial charge is 0.507 e. The smallest absolute Gasteiger partial charge is 0.309 e. The molecule has 10 heteroatoms. The molecule has 0 aromatic heterocycles.